The predicted octanol–water partition coefficient (Wildman–Crippen LogP) is 2.74. The van der Waals surface area contributed by atoms with E-state index in [1.807, 2.05) is 6.07 Å². The van der Waals surface area contributed by atoms with Gasteiger partial charge in [0.1, 0.15) is 10.8 Å². The van der Waals surface area contributed by atoms with E-state index in [0.717, 1.165) is 6.54 Å². The molecule has 0 unspecified atom stereocenters. The zero-order valence-electron chi connectivity index (χ0n) is 9.49. The van der Waals surface area contributed by atoms with Crippen LogP contribution >= 0.6 is 11.5 Å². The van der Waals surface area contributed by atoms with Crippen molar-refractivity contribution in [3.05, 3.63) is 6.07 Å². The SMILES string of the molecule is CCC1(CC)CCN(c2cc(N)ns2)C1. The molecule has 0 aliphatic carbocycles. The van der Waals surface area contributed by atoms with Crippen molar-refractivity contribution in [2.75, 3.05) is 23.7 Å². The molecule has 2 heterocycles. The quantitative estimate of drug-likeness (QED) is 0.860. The number of anilines is 2. The maximum absolute atomic E-state index is 5.65. The third kappa shape index (κ3) is 1.95. The molecule has 2 N–H and O–H groups in total. The minimum Gasteiger partial charge on any atom is -0.383 e. The highest BCUT2D eigenvalue weighted by molar-refractivity contribution is 7.10. The van der Waals surface area contributed by atoms with Crippen molar-refractivity contribution in [2.45, 2.75) is 33.1 Å². The largest absolute Gasteiger partial charge is 0.383 e. The van der Waals surface area contributed by atoms with E-state index in [0.29, 0.717) is 11.2 Å². The van der Waals surface area contributed by atoms with Crippen molar-refractivity contribution in [1.82, 2.24) is 4.37 Å². The number of nitrogen functional groups attached to an aromatic ring is 1. The summed E-state index contributed by atoms with van der Waals surface area (Å²) < 4.78 is 4.14. The summed E-state index contributed by atoms with van der Waals surface area (Å²) in [5.41, 5.74) is 6.18. The Morgan fingerprint density at radius 1 is 1.53 bits per heavy atom. The van der Waals surface area contributed by atoms with Gasteiger partial charge in [-0.3, -0.25) is 0 Å². The maximum Gasteiger partial charge on any atom is 0.139 e. The number of nitrogens with two attached hydrogens (primary N) is 1. The van der Waals surface area contributed by atoms with Gasteiger partial charge in [-0.25, -0.2) is 0 Å². The van der Waals surface area contributed by atoms with Gasteiger partial charge in [0.25, 0.3) is 0 Å². The molecule has 3 nitrogen and oxygen atoms in total. The average Bonchev–Trinajstić information content (AvgIpc) is 2.84. The summed E-state index contributed by atoms with van der Waals surface area (Å²) >= 11 is 1.52. The number of hydrogen-bond donors (Lipinski definition) is 1. The molecule has 0 bridgehead atoms. The van der Waals surface area contributed by atoms with Crippen molar-refractivity contribution in [3.63, 3.8) is 0 Å². The third-order valence-electron chi connectivity index (χ3n) is 3.77. The lowest BCUT2D eigenvalue weighted by Crippen LogP contribution is -2.25. The maximum atomic E-state index is 5.65. The first-order valence-electron chi connectivity index (χ1n) is 5.66. The first-order valence-corrected chi connectivity index (χ1v) is 6.43. The van der Waals surface area contributed by atoms with Crippen LogP contribution in [-0.2, 0) is 0 Å². The Morgan fingerprint density at radius 3 is 2.73 bits per heavy atom. The van der Waals surface area contributed by atoms with Crippen LogP contribution in [0, 0.1) is 5.41 Å². The minimum absolute atomic E-state index is 0.527. The van der Waals surface area contributed by atoms with Crippen molar-refractivity contribution in [3.8, 4) is 0 Å². The second-order valence-corrected chi connectivity index (χ2v) is 5.25. The highest BCUT2D eigenvalue weighted by atomic mass is 32.1. The standard InChI is InChI=1S/C11H19N3S/c1-3-11(4-2)5-6-14(8-11)10-7-9(12)13-15-10/h7H,3-6,8H2,1-2H3,(H2,12,13). The summed E-state index contributed by atoms with van der Waals surface area (Å²) in [6.45, 7) is 6.92. The molecule has 4 heteroatoms. The Hall–Kier alpha value is -0.770. The van der Waals surface area contributed by atoms with Gasteiger partial charge in [-0.15, -0.1) is 0 Å². The van der Waals surface area contributed by atoms with Crippen molar-refractivity contribution in [1.29, 1.82) is 0 Å². The smallest absolute Gasteiger partial charge is 0.139 e. The van der Waals surface area contributed by atoms with E-state index in [9.17, 15) is 0 Å². The first kappa shape index (κ1) is 10.7. The van der Waals surface area contributed by atoms with Crippen molar-refractivity contribution < 1.29 is 0 Å². The van der Waals surface area contributed by atoms with Crippen LogP contribution < -0.4 is 10.6 Å². The summed E-state index contributed by atoms with van der Waals surface area (Å²) in [5, 5.41) is 1.23. The van der Waals surface area contributed by atoms with Crippen LogP contribution in [-0.4, -0.2) is 17.5 Å². The number of rotatable bonds is 3. The summed E-state index contributed by atoms with van der Waals surface area (Å²) in [7, 11) is 0. The monoisotopic (exact) mass is 225 g/mol. The normalized spacial score (nSPS) is 19.7. The van der Waals surface area contributed by atoms with Gasteiger partial charge < -0.3 is 10.6 Å². The van der Waals surface area contributed by atoms with E-state index in [2.05, 4.69) is 23.1 Å². The van der Waals surface area contributed by atoms with E-state index in [1.165, 1.54) is 42.3 Å². The topological polar surface area (TPSA) is 42.1 Å². The Kier molecular flexibility index (Phi) is 2.87. The summed E-state index contributed by atoms with van der Waals surface area (Å²) in [5.74, 6) is 0.653. The van der Waals surface area contributed by atoms with Crippen molar-refractivity contribution >= 4 is 22.4 Å². The average molecular weight is 225 g/mol. The zero-order valence-corrected chi connectivity index (χ0v) is 10.3. The molecule has 0 saturated carbocycles. The molecule has 0 spiro atoms. The van der Waals surface area contributed by atoms with Crippen LogP contribution in [0.25, 0.3) is 0 Å². The molecule has 0 radical (unpaired) electrons. The fourth-order valence-electron chi connectivity index (χ4n) is 2.38. The van der Waals surface area contributed by atoms with Crippen LogP contribution in [0.2, 0.25) is 0 Å². The van der Waals surface area contributed by atoms with Gasteiger partial charge in [-0.2, -0.15) is 4.37 Å². The minimum atomic E-state index is 0.527. The van der Waals surface area contributed by atoms with E-state index in [4.69, 9.17) is 5.73 Å². The third-order valence-corrected chi connectivity index (χ3v) is 4.63. The molecule has 1 aromatic heterocycles. The van der Waals surface area contributed by atoms with E-state index >= 15 is 0 Å². The Labute approximate surface area is 95.4 Å². The molecule has 1 aliphatic rings. The lowest BCUT2D eigenvalue weighted by atomic mass is 9.82. The Bertz CT molecular complexity index is 330. The lowest BCUT2D eigenvalue weighted by Gasteiger charge is -2.26. The predicted molar refractivity (Wildman–Crippen MR) is 66.4 cm³/mol. The molecule has 15 heavy (non-hydrogen) atoms. The molecule has 1 fully saturated rings. The van der Waals surface area contributed by atoms with Gasteiger partial charge in [-0.1, -0.05) is 13.8 Å². The van der Waals surface area contributed by atoms with Crippen LogP contribution in [0.15, 0.2) is 6.07 Å². The molecule has 2 rings (SSSR count). The van der Waals surface area contributed by atoms with Crippen molar-refractivity contribution in [2.24, 2.45) is 5.41 Å². The molecule has 0 aromatic carbocycles. The fourth-order valence-corrected chi connectivity index (χ4v) is 3.07. The molecule has 1 aliphatic heterocycles. The van der Waals surface area contributed by atoms with E-state index in [-0.39, 0.29) is 0 Å². The Balaban J connectivity index is 2.09. The van der Waals surface area contributed by atoms with Gasteiger partial charge >= 0.3 is 0 Å². The molecule has 1 aromatic rings. The van der Waals surface area contributed by atoms with Crippen LogP contribution in [0.1, 0.15) is 33.1 Å². The second kappa shape index (κ2) is 4.00. The van der Waals surface area contributed by atoms with Gasteiger partial charge in [0.05, 0.1) is 0 Å². The number of hydrogen-bond acceptors (Lipinski definition) is 4. The molecule has 84 valence electrons. The van der Waals surface area contributed by atoms with Crippen LogP contribution in [0.4, 0.5) is 10.8 Å². The first-order chi connectivity index (χ1) is 7.19. The van der Waals surface area contributed by atoms with Gasteiger partial charge in [-0.05, 0) is 36.2 Å². The summed E-state index contributed by atoms with van der Waals surface area (Å²) in [4.78, 5) is 2.43. The van der Waals surface area contributed by atoms with Gasteiger partial charge in [0.2, 0.25) is 0 Å². The molecular formula is C11H19N3S. The van der Waals surface area contributed by atoms with E-state index in [1.54, 1.807) is 0 Å². The molecule has 1 saturated heterocycles. The fraction of sp³-hybridized carbons (Fsp3) is 0.727. The van der Waals surface area contributed by atoms with Gasteiger partial charge in [0.15, 0.2) is 0 Å². The molecule has 0 atom stereocenters. The summed E-state index contributed by atoms with van der Waals surface area (Å²) in [6.07, 6.45) is 3.85. The van der Waals surface area contributed by atoms with Gasteiger partial charge in [0, 0.05) is 19.2 Å². The van der Waals surface area contributed by atoms with Crippen LogP contribution in [0.5, 0.6) is 0 Å². The van der Waals surface area contributed by atoms with Crippen LogP contribution in [0.3, 0.4) is 0 Å². The number of nitrogens with zero attached hydrogens (tertiary/aromatic N) is 2. The highest BCUT2D eigenvalue weighted by Gasteiger charge is 2.35. The zero-order chi connectivity index (χ0) is 10.9. The summed E-state index contributed by atoms with van der Waals surface area (Å²) in [6, 6.07) is 1.99. The van der Waals surface area contributed by atoms with E-state index < -0.39 is 0 Å². The molecular weight excluding hydrogens is 206 g/mol. The second-order valence-electron chi connectivity index (χ2n) is 4.47. The lowest BCUT2D eigenvalue weighted by molar-refractivity contribution is 0.301. The molecule has 0 amide bonds. The Morgan fingerprint density at radius 2 is 2.27 bits per heavy atom. The highest BCUT2D eigenvalue weighted by Crippen LogP contribution is 2.40. The number of aromatic nitrogens is 1.